The second-order valence-electron chi connectivity index (χ2n) is 6.38. The third kappa shape index (κ3) is 4.06. The molecular formula is C23H23N3O. The van der Waals surface area contributed by atoms with Crippen molar-refractivity contribution in [3.63, 3.8) is 0 Å². The molecule has 0 aliphatic carbocycles. The van der Waals surface area contributed by atoms with Crippen molar-refractivity contribution in [2.45, 2.75) is 13.3 Å². The molecule has 3 heterocycles. The number of aromatic amines is 3. The summed E-state index contributed by atoms with van der Waals surface area (Å²) in [7, 11) is 0. The second-order valence-corrected chi connectivity index (χ2v) is 6.38. The Bertz CT molecular complexity index is 1100. The molecule has 0 spiro atoms. The van der Waals surface area contributed by atoms with E-state index in [-0.39, 0.29) is 0 Å². The molecule has 0 saturated carbocycles. The monoisotopic (exact) mass is 357 g/mol. The lowest BCUT2D eigenvalue weighted by molar-refractivity contribution is 0.340. The molecule has 4 nitrogen and oxygen atoms in total. The number of benzene rings is 1. The van der Waals surface area contributed by atoms with Gasteiger partial charge < -0.3 is 19.7 Å². The van der Waals surface area contributed by atoms with Gasteiger partial charge in [0.25, 0.3) is 0 Å². The normalized spacial score (nSPS) is 12.6. The van der Waals surface area contributed by atoms with E-state index in [0.29, 0.717) is 6.61 Å². The van der Waals surface area contributed by atoms with Gasteiger partial charge in [0.2, 0.25) is 0 Å². The summed E-state index contributed by atoms with van der Waals surface area (Å²) in [6, 6.07) is 20.7. The van der Waals surface area contributed by atoms with Gasteiger partial charge in [-0.2, -0.15) is 0 Å². The molecule has 0 aliphatic rings. The molecule has 0 bridgehead atoms. The first kappa shape index (κ1) is 17.0. The number of hydrogen-bond acceptors (Lipinski definition) is 1. The molecule has 0 amide bonds. The third-order valence-corrected chi connectivity index (χ3v) is 4.43. The maximum Gasteiger partial charge on any atom is 0.144 e. The van der Waals surface area contributed by atoms with Gasteiger partial charge in [0.1, 0.15) is 5.75 Å². The first-order valence-electron chi connectivity index (χ1n) is 9.22. The van der Waals surface area contributed by atoms with Crippen LogP contribution in [0.2, 0.25) is 0 Å². The Morgan fingerprint density at radius 3 is 2.52 bits per heavy atom. The lowest BCUT2D eigenvalue weighted by atomic mass is 10.1. The lowest BCUT2D eigenvalue weighted by Gasteiger charge is -1.99. The minimum absolute atomic E-state index is 0.629. The van der Waals surface area contributed by atoms with Gasteiger partial charge in [-0.15, -0.1) is 0 Å². The van der Waals surface area contributed by atoms with Crippen LogP contribution >= 0.6 is 0 Å². The van der Waals surface area contributed by atoms with Crippen molar-refractivity contribution in [3.8, 4) is 17.1 Å². The van der Waals surface area contributed by atoms with Crippen molar-refractivity contribution >= 4 is 12.2 Å². The van der Waals surface area contributed by atoms with E-state index in [1.807, 2.05) is 37.4 Å². The fraction of sp³-hybridized carbons (Fsp3) is 0.130. The van der Waals surface area contributed by atoms with Crippen molar-refractivity contribution < 1.29 is 4.74 Å². The Morgan fingerprint density at radius 1 is 0.889 bits per heavy atom. The van der Waals surface area contributed by atoms with E-state index < -0.39 is 0 Å². The summed E-state index contributed by atoms with van der Waals surface area (Å²) in [5.74, 6) is 0.853. The molecule has 1 aromatic carbocycles. The number of nitrogens with one attached hydrogen (secondary N) is 3. The molecule has 3 aromatic heterocycles. The molecule has 0 radical (unpaired) electrons. The quantitative estimate of drug-likeness (QED) is 0.485. The van der Waals surface area contributed by atoms with Gasteiger partial charge in [-0.1, -0.05) is 36.4 Å². The van der Waals surface area contributed by atoms with Crippen LogP contribution in [0.4, 0.5) is 0 Å². The summed E-state index contributed by atoms with van der Waals surface area (Å²) in [4.78, 5) is 10.1. The summed E-state index contributed by atoms with van der Waals surface area (Å²) >= 11 is 0. The molecule has 0 fully saturated rings. The highest BCUT2D eigenvalue weighted by atomic mass is 16.5. The molecule has 0 aliphatic heterocycles. The average Bonchev–Trinajstić information content (AvgIpc) is 3.43. The van der Waals surface area contributed by atoms with E-state index in [2.05, 4.69) is 63.5 Å². The summed E-state index contributed by atoms with van der Waals surface area (Å²) in [6.07, 6.45) is 7.11. The van der Waals surface area contributed by atoms with Crippen LogP contribution in [0.1, 0.15) is 18.2 Å². The fourth-order valence-electron chi connectivity index (χ4n) is 3.11. The Morgan fingerprint density at radius 2 is 1.74 bits per heavy atom. The molecule has 136 valence electrons. The van der Waals surface area contributed by atoms with E-state index in [1.54, 1.807) is 0 Å². The van der Waals surface area contributed by atoms with Gasteiger partial charge in [0.05, 0.1) is 23.7 Å². The molecular weight excluding hydrogens is 334 g/mol. The summed E-state index contributed by atoms with van der Waals surface area (Å²) in [5, 5.41) is 2.15. The van der Waals surface area contributed by atoms with E-state index in [9.17, 15) is 0 Å². The summed E-state index contributed by atoms with van der Waals surface area (Å²) in [6.45, 7) is 2.63. The third-order valence-electron chi connectivity index (χ3n) is 4.43. The summed E-state index contributed by atoms with van der Waals surface area (Å²) in [5.41, 5.74) is 4.31. The van der Waals surface area contributed by atoms with Crippen molar-refractivity contribution in [1.82, 2.24) is 15.0 Å². The molecule has 0 unspecified atom stereocenters. The zero-order chi connectivity index (χ0) is 18.5. The fourth-order valence-corrected chi connectivity index (χ4v) is 3.11. The smallest absolute Gasteiger partial charge is 0.144 e. The van der Waals surface area contributed by atoms with Crippen molar-refractivity contribution in [1.29, 1.82) is 0 Å². The minimum atomic E-state index is 0.629. The highest BCUT2D eigenvalue weighted by molar-refractivity contribution is 5.65. The van der Waals surface area contributed by atoms with Gasteiger partial charge in [-0.25, -0.2) is 0 Å². The zero-order valence-electron chi connectivity index (χ0n) is 15.3. The molecule has 4 aromatic rings. The van der Waals surface area contributed by atoms with Crippen LogP contribution in [0.25, 0.3) is 23.5 Å². The Hall–Kier alpha value is -3.40. The number of H-pyrrole nitrogens is 3. The molecule has 3 N–H and O–H groups in total. The molecule has 0 saturated heterocycles. The molecule has 4 rings (SSSR count). The van der Waals surface area contributed by atoms with Crippen LogP contribution < -0.4 is 15.4 Å². The van der Waals surface area contributed by atoms with Crippen molar-refractivity contribution in [2.75, 3.05) is 6.61 Å². The highest BCUT2D eigenvalue weighted by Gasteiger charge is 2.09. The second kappa shape index (κ2) is 7.87. The first-order chi connectivity index (χ1) is 13.3. The number of ether oxygens (including phenoxy) is 1. The predicted molar refractivity (Wildman–Crippen MR) is 110 cm³/mol. The maximum atomic E-state index is 5.80. The Labute approximate surface area is 158 Å². The van der Waals surface area contributed by atoms with Gasteiger partial charge >= 0.3 is 0 Å². The summed E-state index contributed by atoms with van der Waals surface area (Å²) < 4.78 is 5.80. The molecule has 0 atom stereocenters. The molecule has 4 heteroatoms. The van der Waals surface area contributed by atoms with Crippen LogP contribution in [-0.4, -0.2) is 21.6 Å². The predicted octanol–water partition coefficient (Wildman–Crippen LogP) is 3.59. The van der Waals surface area contributed by atoms with Crippen molar-refractivity contribution in [3.05, 3.63) is 88.8 Å². The maximum absolute atomic E-state index is 5.80. The van der Waals surface area contributed by atoms with Gasteiger partial charge in [-0.3, -0.25) is 0 Å². The van der Waals surface area contributed by atoms with E-state index in [4.69, 9.17) is 4.74 Å². The van der Waals surface area contributed by atoms with Crippen LogP contribution in [0.15, 0.2) is 66.9 Å². The topological polar surface area (TPSA) is 56.6 Å². The van der Waals surface area contributed by atoms with Gasteiger partial charge in [0, 0.05) is 23.0 Å². The van der Waals surface area contributed by atoms with Gasteiger partial charge in [0.15, 0.2) is 0 Å². The largest absolute Gasteiger partial charge is 0.492 e. The van der Waals surface area contributed by atoms with Crippen LogP contribution in [0.3, 0.4) is 0 Å². The van der Waals surface area contributed by atoms with Crippen LogP contribution in [0.5, 0.6) is 5.75 Å². The Balaban J connectivity index is 1.63. The highest BCUT2D eigenvalue weighted by Crippen LogP contribution is 2.26. The average molecular weight is 357 g/mol. The van der Waals surface area contributed by atoms with E-state index >= 15 is 0 Å². The first-order valence-corrected chi connectivity index (χ1v) is 9.22. The van der Waals surface area contributed by atoms with E-state index in [1.165, 1.54) is 5.56 Å². The minimum Gasteiger partial charge on any atom is -0.492 e. The SMILES string of the molecule is CCOc1cc(-c2ccc[nH]2)[nH]c1C=c1ccc(=CCc2ccccc2)[nH]1. The lowest BCUT2D eigenvalue weighted by Crippen LogP contribution is -2.10. The van der Waals surface area contributed by atoms with Crippen molar-refractivity contribution in [2.24, 2.45) is 0 Å². The standard InChI is InChI=1S/C23H23N3O/c1-2-27-23-16-21(20-9-6-14-24-20)26-22(23)15-19-13-12-18(25-19)11-10-17-7-4-3-5-8-17/h3-9,11-16,24-26H,2,10H2,1H3. The van der Waals surface area contributed by atoms with Gasteiger partial charge in [-0.05, 0) is 49.2 Å². The zero-order valence-corrected chi connectivity index (χ0v) is 15.3. The Kier molecular flexibility index (Phi) is 4.97. The number of rotatable bonds is 6. The number of hydrogen-bond donors (Lipinski definition) is 3. The molecule has 27 heavy (non-hydrogen) atoms. The van der Waals surface area contributed by atoms with Crippen LogP contribution in [0, 0.1) is 0 Å². The van der Waals surface area contributed by atoms with E-state index in [0.717, 1.165) is 40.0 Å². The number of aromatic nitrogens is 3. The van der Waals surface area contributed by atoms with Crippen LogP contribution in [-0.2, 0) is 6.42 Å².